The van der Waals surface area contributed by atoms with Gasteiger partial charge in [-0.05, 0) is 11.8 Å². The third-order valence-electron chi connectivity index (χ3n) is 3.94. The molecule has 0 saturated carbocycles. The predicted molar refractivity (Wildman–Crippen MR) is 111 cm³/mol. The van der Waals surface area contributed by atoms with Crippen LogP contribution in [0.4, 0.5) is 0 Å². The van der Waals surface area contributed by atoms with Gasteiger partial charge >= 0.3 is 0 Å². The Balaban J connectivity index is 3.99. The van der Waals surface area contributed by atoms with E-state index in [1.54, 1.807) is 0 Å². The van der Waals surface area contributed by atoms with Gasteiger partial charge in [-0.15, -0.1) is 16.4 Å². The molecule has 0 aliphatic heterocycles. The summed E-state index contributed by atoms with van der Waals surface area (Å²) in [5, 5.41) is 0. The Morgan fingerprint density at radius 2 is 1.36 bits per heavy atom. The molecule has 0 aromatic heterocycles. The largest absolute Gasteiger partial charge is 0.114 e. The summed E-state index contributed by atoms with van der Waals surface area (Å²) in [5.74, 6) is 0.330. The summed E-state index contributed by atoms with van der Waals surface area (Å²) in [6.07, 6.45) is 0. The number of hydrogen-bond donors (Lipinski definition) is 0. The van der Waals surface area contributed by atoms with Gasteiger partial charge in [-0.2, -0.15) is 0 Å². The summed E-state index contributed by atoms with van der Waals surface area (Å²) in [5.41, 5.74) is 4.86. The Morgan fingerprint density at radius 1 is 0.864 bits per heavy atom. The fourth-order valence-corrected chi connectivity index (χ4v) is 3.11. The lowest BCUT2D eigenvalue weighted by molar-refractivity contribution is 0.855. The van der Waals surface area contributed by atoms with Crippen LogP contribution < -0.4 is 21.9 Å². The molecular weight excluding hydrogens is 252 g/mol. The molecule has 92 valence electrons. The van der Waals surface area contributed by atoms with Crippen LogP contribution in [0.1, 0.15) is 50.7 Å². The minimum atomic E-state index is -0.708. The predicted octanol–water partition coefficient (Wildman–Crippen LogP) is -3.18. The molecule has 0 bridgehead atoms. The maximum Gasteiger partial charge on any atom is 0.114 e. The summed E-state index contributed by atoms with van der Waals surface area (Å²) in [6, 6.07) is 0. The van der Waals surface area contributed by atoms with Gasteiger partial charge < -0.3 is 0 Å². The molecule has 22 heavy (non-hydrogen) atoms. The molecule has 0 heterocycles. The summed E-state index contributed by atoms with van der Waals surface area (Å²) in [6.45, 7) is 7.00. The van der Waals surface area contributed by atoms with E-state index in [0.717, 1.165) is 27.5 Å². The highest BCUT2D eigenvalue weighted by atomic mass is 14.2. The van der Waals surface area contributed by atoms with Crippen LogP contribution in [0, 0.1) is 0 Å². The standard InChI is InChI=1S/C12H14B10/c1-5(2)7-9(13)8(6(3)4)11(21(16)17)12(10(7)19-14)22(18)20-15/h5-6H,1-4H3. The van der Waals surface area contributed by atoms with E-state index in [1.807, 2.05) is 0 Å². The quantitative estimate of drug-likeness (QED) is 0.477. The smallest absolute Gasteiger partial charge is 0.113 e. The van der Waals surface area contributed by atoms with Crippen LogP contribution in [-0.2, 0) is 0 Å². The van der Waals surface area contributed by atoms with Crippen molar-refractivity contribution >= 4 is 95.6 Å². The molecule has 10 heteroatoms. The SMILES string of the molecule is [B][B]B([B])c1c([B][B])c(C(C)C)c([B])c(C(C)C)c1B([B])[B]. The normalized spacial score (nSPS) is 10.8. The van der Waals surface area contributed by atoms with Crippen molar-refractivity contribution in [2.45, 2.75) is 39.5 Å². The molecule has 0 aliphatic carbocycles. The van der Waals surface area contributed by atoms with Gasteiger partial charge in [0.2, 0.25) is 0 Å². The van der Waals surface area contributed by atoms with Crippen LogP contribution in [-0.4, -0.2) is 73.8 Å². The lowest BCUT2D eigenvalue weighted by atomic mass is 9.00. The van der Waals surface area contributed by atoms with Gasteiger partial charge in [0.15, 0.2) is 0 Å². The molecular formula is C12H14B10. The second kappa shape index (κ2) is 8.11. The molecule has 0 unspecified atom stereocenters. The van der Waals surface area contributed by atoms with Gasteiger partial charge in [-0.3, -0.25) is 0 Å². The monoisotopic (exact) mass is 268 g/mol. The lowest BCUT2D eigenvalue weighted by Crippen LogP contribution is -2.64. The first kappa shape index (κ1) is 19.9. The second-order valence-corrected chi connectivity index (χ2v) is 6.20. The first-order valence-corrected chi connectivity index (χ1v) is 7.54. The molecule has 0 saturated heterocycles. The highest BCUT2D eigenvalue weighted by Gasteiger charge is 2.26. The summed E-state index contributed by atoms with van der Waals surface area (Å²) in [4.78, 5) is 0. The highest BCUT2D eigenvalue weighted by molar-refractivity contribution is 7.52. The zero-order valence-corrected chi connectivity index (χ0v) is 13.9. The number of rotatable bonds is 6. The van der Waals surface area contributed by atoms with Gasteiger partial charge in [-0.1, -0.05) is 44.3 Å². The molecule has 1 aromatic carbocycles. The van der Waals surface area contributed by atoms with Gasteiger partial charge in [0, 0.05) is 45.7 Å². The van der Waals surface area contributed by atoms with Crippen LogP contribution in [0.25, 0.3) is 0 Å². The Morgan fingerprint density at radius 3 is 1.68 bits per heavy atom. The van der Waals surface area contributed by atoms with Crippen LogP contribution in [0.5, 0.6) is 0 Å². The van der Waals surface area contributed by atoms with Crippen molar-refractivity contribution in [1.29, 1.82) is 0 Å². The molecule has 1 aromatic rings. The number of benzene rings is 1. The molecule has 0 amide bonds. The summed E-state index contributed by atoms with van der Waals surface area (Å²) >= 11 is 0. The first-order chi connectivity index (χ1) is 10.2. The third kappa shape index (κ3) is 3.68. The zero-order chi connectivity index (χ0) is 17.2. The molecule has 0 aliphatic rings. The van der Waals surface area contributed by atoms with Crippen molar-refractivity contribution in [1.82, 2.24) is 0 Å². The van der Waals surface area contributed by atoms with Crippen molar-refractivity contribution in [3.05, 3.63) is 11.1 Å². The Bertz CT molecular complexity index is 525. The first-order valence-electron chi connectivity index (χ1n) is 7.54. The van der Waals surface area contributed by atoms with Gasteiger partial charge in [0.25, 0.3) is 0 Å². The minimum absolute atomic E-state index is 0.151. The molecule has 0 nitrogen and oxygen atoms in total. The maximum atomic E-state index is 6.44. The number of hydrogen-bond acceptors (Lipinski definition) is 0. The fourth-order valence-electron chi connectivity index (χ4n) is 3.11. The Hall–Kier alpha value is -0.131. The van der Waals surface area contributed by atoms with Crippen molar-refractivity contribution in [2.75, 3.05) is 0 Å². The van der Waals surface area contributed by atoms with Crippen molar-refractivity contribution in [3.8, 4) is 0 Å². The van der Waals surface area contributed by atoms with Crippen LogP contribution in [0.3, 0.4) is 0 Å². The van der Waals surface area contributed by atoms with E-state index in [1.165, 1.54) is 14.2 Å². The third-order valence-corrected chi connectivity index (χ3v) is 3.94. The van der Waals surface area contributed by atoms with E-state index in [9.17, 15) is 0 Å². The van der Waals surface area contributed by atoms with Crippen molar-refractivity contribution < 1.29 is 0 Å². The van der Waals surface area contributed by atoms with E-state index in [4.69, 9.17) is 46.5 Å². The van der Waals surface area contributed by atoms with E-state index in [2.05, 4.69) is 27.7 Å². The van der Waals surface area contributed by atoms with Crippen LogP contribution in [0.2, 0.25) is 0 Å². The lowest BCUT2D eigenvalue weighted by Gasteiger charge is -2.33. The average Bonchev–Trinajstić information content (AvgIpc) is 2.43. The van der Waals surface area contributed by atoms with E-state index >= 15 is 0 Å². The fraction of sp³-hybridized carbons (Fsp3) is 0.500. The van der Waals surface area contributed by atoms with E-state index in [0.29, 0.717) is 5.46 Å². The molecule has 14 radical (unpaired) electrons. The minimum Gasteiger partial charge on any atom is -0.113 e. The Kier molecular flexibility index (Phi) is 7.34. The molecule has 0 N–H and O–H groups in total. The molecule has 0 fully saturated rings. The van der Waals surface area contributed by atoms with Gasteiger partial charge in [-0.25, -0.2) is 0 Å². The summed E-state index contributed by atoms with van der Waals surface area (Å²) < 4.78 is 0. The highest BCUT2D eigenvalue weighted by Crippen LogP contribution is 2.15. The van der Waals surface area contributed by atoms with Crippen molar-refractivity contribution in [3.63, 3.8) is 0 Å². The van der Waals surface area contributed by atoms with Crippen molar-refractivity contribution in [2.24, 2.45) is 0 Å². The molecule has 0 spiro atoms. The topological polar surface area (TPSA) is 0 Å². The maximum absolute atomic E-state index is 6.44. The van der Waals surface area contributed by atoms with Crippen LogP contribution in [0.15, 0.2) is 0 Å². The molecule has 0 atom stereocenters. The molecule has 1 rings (SSSR count). The average molecular weight is 266 g/mol. The van der Waals surface area contributed by atoms with Crippen LogP contribution >= 0.6 is 0 Å². The van der Waals surface area contributed by atoms with Gasteiger partial charge in [0.1, 0.15) is 7.85 Å². The van der Waals surface area contributed by atoms with Gasteiger partial charge in [0.05, 0.1) is 20.2 Å². The Labute approximate surface area is 146 Å². The zero-order valence-electron chi connectivity index (χ0n) is 13.9. The second-order valence-electron chi connectivity index (χ2n) is 6.20. The van der Waals surface area contributed by atoms with E-state index in [-0.39, 0.29) is 11.8 Å². The van der Waals surface area contributed by atoms with E-state index < -0.39 is 13.0 Å². The summed E-state index contributed by atoms with van der Waals surface area (Å²) in [7, 11) is 39.1.